The van der Waals surface area contributed by atoms with Crippen molar-refractivity contribution in [3.63, 3.8) is 0 Å². The molecular formula is C16H21BrN4OS. The fraction of sp³-hybridized carbons (Fsp3) is 0.375. The summed E-state index contributed by atoms with van der Waals surface area (Å²) in [5, 5.41) is 7.63. The van der Waals surface area contributed by atoms with Crippen molar-refractivity contribution in [3.8, 4) is 5.75 Å². The maximum atomic E-state index is 5.38. The van der Waals surface area contributed by atoms with Gasteiger partial charge in [-0.25, -0.2) is 4.98 Å². The largest absolute Gasteiger partial charge is 0.496 e. The molecule has 0 radical (unpaired) electrons. The number of aromatic nitrogens is 1. The third kappa shape index (κ3) is 5.21. The molecule has 0 saturated heterocycles. The van der Waals surface area contributed by atoms with Crippen molar-refractivity contribution in [2.45, 2.75) is 26.4 Å². The van der Waals surface area contributed by atoms with E-state index < -0.39 is 0 Å². The molecule has 0 aliphatic rings. The molecule has 124 valence electrons. The summed E-state index contributed by atoms with van der Waals surface area (Å²) < 4.78 is 6.40. The molecule has 0 aliphatic heterocycles. The van der Waals surface area contributed by atoms with Crippen LogP contribution in [-0.4, -0.2) is 25.1 Å². The minimum Gasteiger partial charge on any atom is -0.496 e. The van der Waals surface area contributed by atoms with Crippen LogP contribution < -0.4 is 15.4 Å². The number of methoxy groups -OCH3 is 1. The van der Waals surface area contributed by atoms with Gasteiger partial charge in [-0.2, -0.15) is 0 Å². The van der Waals surface area contributed by atoms with Crippen LogP contribution in [0.5, 0.6) is 5.75 Å². The molecule has 0 spiro atoms. The van der Waals surface area contributed by atoms with Crippen LogP contribution in [0.3, 0.4) is 0 Å². The first-order chi connectivity index (χ1) is 11.2. The van der Waals surface area contributed by atoms with Gasteiger partial charge in [-0.1, -0.05) is 22.9 Å². The highest BCUT2D eigenvalue weighted by atomic mass is 79.9. The molecule has 0 aliphatic carbocycles. The molecule has 2 rings (SSSR count). The Morgan fingerprint density at radius 3 is 2.78 bits per heavy atom. The molecule has 0 bridgehead atoms. The van der Waals surface area contributed by atoms with Crippen molar-refractivity contribution in [1.29, 1.82) is 0 Å². The van der Waals surface area contributed by atoms with Gasteiger partial charge in [-0.15, -0.1) is 11.3 Å². The molecule has 0 atom stereocenters. The quantitative estimate of drug-likeness (QED) is 0.580. The zero-order valence-electron chi connectivity index (χ0n) is 13.5. The van der Waals surface area contributed by atoms with E-state index in [4.69, 9.17) is 4.74 Å². The Kier molecular flexibility index (Phi) is 6.85. The van der Waals surface area contributed by atoms with Gasteiger partial charge in [0.1, 0.15) is 10.8 Å². The zero-order chi connectivity index (χ0) is 16.7. The lowest BCUT2D eigenvalue weighted by atomic mass is 10.2. The number of aryl methyl sites for hydroxylation is 1. The van der Waals surface area contributed by atoms with Crippen LogP contribution in [0.15, 0.2) is 33.9 Å². The van der Waals surface area contributed by atoms with Gasteiger partial charge in [0.25, 0.3) is 0 Å². The van der Waals surface area contributed by atoms with Crippen LogP contribution in [0, 0.1) is 0 Å². The second-order valence-electron chi connectivity index (χ2n) is 4.81. The molecule has 23 heavy (non-hydrogen) atoms. The van der Waals surface area contributed by atoms with Crippen LogP contribution in [0.1, 0.15) is 22.4 Å². The van der Waals surface area contributed by atoms with Crippen molar-refractivity contribution < 1.29 is 4.74 Å². The molecule has 2 N–H and O–H groups in total. The lowest BCUT2D eigenvalue weighted by molar-refractivity contribution is 0.409. The topological polar surface area (TPSA) is 58.5 Å². The number of guanidine groups is 1. The molecule has 0 amide bonds. The second kappa shape index (κ2) is 8.88. The van der Waals surface area contributed by atoms with E-state index in [9.17, 15) is 0 Å². The first-order valence-electron chi connectivity index (χ1n) is 7.36. The van der Waals surface area contributed by atoms with Gasteiger partial charge in [-0.05, 0) is 24.6 Å². The van der Waals surface area contributed by atoms with E-state index in [2.05, 4.69) is 43.5 Å². The van der Waals surface area contributed by atoms with Crippen LogP contribution in [0.25, 0.3) is 0 Å². The van der Waals surface area contributed by atoms with Gasteiger partial charge in [0.15, 0.2) is 5.96 Å². The van der Waals surface area contributed by atoms with Crippen LogP contribution in [-0.2, 0) is 19.5 Å². The smallest absolute Gasteiger partial charge is 0.191 e. The highest BCUT2D eigenvalue weighted by Gasteiger charge is 2.06. The number of hydrogen-bond acceptors (Lipinski definition) is 4. The molecule has 1 aromatic carbocycles. The third-order valence-corrected chi connectivity index (χ3v) is 4.90. The zero-order valence-corrected chi connectivity index (χ0v) is 15.9. The molecule has 5 nitrogen and oxygen atoms in total. The summed E-state index contributed by atoms with van der Waals surface area (Å²) in [7, 11) is 3.43. The standard InChI is InChI=1S/C16H21BrN4OS/c1-4-13-9-19-15(23-13)10-21-16(18-2)20-8-11-7-12(17)5-6-14(11)22-3/h5-7,9H,4,8,10H2,1-3H3,(H2,18,20,21). The Hall–Kier alpha value is -1.60. The summed E-state index contributed by atoms with van der Waals surface area (Å²) in [5.41, 5.74) is 1.06. The summed E-state index contributed by atoms with van der Waals surface area (Å²) in [6.07, 6.45) is 2.96. The Morgan fingerprint density at radius 2 is 2.13 bits per heavy atom. The maximum Gasteiger partial charge on any atom is 0.191 e. The Morgan fingerprint density at radius 1 is 1.35 bits per heavy atom. The van der Waals surface area contributed by atoms with Gasteiger partial charge in [-0.3, -0.25) is 4.99 Å². The molecule has 0 fully saturated rings. The van der Waals surface area contributed by atoms with E-state index in [0.29, 0.717) is 13.1 Å². The van der Waals surface area contributed by atoms with E-state index in [1.165, 1.54) is 4.88 Å². The van der Waals surface area contributed by atoms with Gasteiger partial charge in [0.2, 0.25) is 0 Å². The average Bonchev–Trinajstić information content (AvgIpc) is 3.03. The lowest BCUT2D eigenvalue weighted by Crippen LogP contribution is -2.36. The van der Waals surface area contributed by atoms with Crippen molar-refractivity contribution in [3.05, 3.63) is 44.3 Å². The van der Waals surface area contributed by atoms with Crippen molar-refractivity contribution in [2.24, 2.45) is 4.99 Å². The van der Waals surface area contributed by atoms with Crippen LogP contribution >= 0.6 is 27.3 Å². The van der Waals surface area contributed by atoms with Crippen molar-refractivity contribution in [2.75, 3.05) is 14.2 Å². The number of rotatable bonds is 6. The first-order valence-corrected chi connectivity index (χ1v) is 8.97. The Labute approximate surface area is 149 Å². The van der Waals surface area contributed by atoms with E-state index in [0.717, 1.165) is 33.2 Å². The van der Waals surface area contributed by atoms with Gasteiger partial charge in [0.05, 0.1) is 13.7 Å². The maximum absolute atomic E-state index is 5.38. The molecular weight excluding hydrogens is 376 g/mol. The summed E-state index contributed by atoms with van der Waals surface area (Å²) in [4.78, 5) is 9.93. The monoisotopic (exact) mass is 396 g/mol. The predicted octanol–water partition coefficient (Wildman–Crippen LogP) is 3.34. The molecule has 7 heteroatoms. The van der Waals surface area contributed by atoms with E-state index in [1.807, 2.05) is 24.4 Å². The number of nitrogens with zero attached hydrogens (tertiary/aromatic N) is 2. The third-order valence-electron chi connectivity index (χ3n) is 3.27. The minimum absolute atomic E-state index is 0.625. The number of thiazole rings is 1. The number of nitrogens with one attached hydrogen (secondary N) is 2. The highest BCUT2D eigenvalue weighted by Crippen LogP contribution is 2.22. The Bertz CT molecular complexity index is 672. The normalized spacial score (nSPS) is 11.4. The van der Waals surface area contributed by atoms with Crippen molar-refractivity contribution in [1.82, 2.24) is 15.6 Å². The number of aliphatic imine (C=N–C) groups is 1. The fourth-order valence-electron chi connectivity index (χ4n) is 2.04. The SMILES string of the molecule is CCc1cnc(CNC(=NC)NCc2cc(Br)ccc2OC)s1. The summed E-state index contributed by atoms with van der Waals surface area (Å²) in [6, 6.07) is 5.94. The van der Waals surface area contributed by atoms with Crippen LogP contribution in [0.4, 0.5) is 0 Å². The van der Waals surface area contributed by atoms with Crippen LogP contribution in [0.2, 0.25) is 0 Å². The molecule has 2 aromatic rings. The lowest BCUT2D eigenvalue weighted by Gasteiger charge is -2.13. The highest BCUT2D eigenvalue weighted by molar-refractivity contribution is 9.10. The van der Waals surface area contributed by atoms with Crippen molar-refractivity contribution >= 4 is 33.2 Å². The molecule has 1 heterocycles. The van der Waals surface area contributed by atoms with Gasteiger partial charge in [0, 0.05) is 34.7 Å². The number of benzene rings is 1. The molecule has 1 aromatic heterocycles. The van der Waals surface area contributed by atoms with E-state index in [-0.39, 0.29) is 0 Å². The summed E-state index contributed by atoms with van der Waals surface area (Å²) in [5.74, 6) is 1.59. The summed E-state index contributed by atoms with van der Waals surface area (Å²) in [6.45, 7) is 3.43. The second-order valence-corrected chi connectivity index (χ2v) is 6.92. The number of hydrogen-bond donors (Lipinski definition) is 2. The number of halogens is 1. The first kappa shape index (κ1) is 17.7. The summed E-state index contributed by atoms with van der Waals surface area (Å²) >= 11 is 5.21. The van der Waals surface area contributed by atoms with E-state index >= 15 is 0 Å². The molecule has 0 unspecified atom stereocenters. The van der Waals surface area contributed by atoms with Gasteiger partial charge >= 0.3 is 0 Å². The predicted molar refractivity (Wildman–Crippen MR) is 99.2 cm³/mol. The molecule has 0 saturated carbocycles. The fourth-order valence-corrected chi connectivity index (χ4v) is 3.25. The minimum atomic E-state index is 0.625. The van der Waals surface area contributed by atoms with E-state index in [1.54, 1.807) is 25.5 Å². The average molecular weight is 397 g/mol. The number of ether oxygens (including phenoxy) is 1. The van der Waals surface area contributed by atoms with Gasteiger partial charge < -0.3 is 15.4 Å². The Balaban J connectivity index is 1.91.